The van der Waals surface area contributed by atoms with Crippen molar-refractivity contribution in [2.45, 2.75) is 38.0 Å². The van der Waals surface area contributed by atoms with E-state index in [1.165, 1.54) is 29.3 Å². The van der Waals surface area contributed by atoms with Gasteiger partial charge in [0.25, 0.3) is 0 Å². The number of nitrogens with zero attached hydrogens (tertiary/aromatic N) is 1. The summed E-state index contributed by atoms with van der Waals surface area (Å²) in [5.74, 6) is -0.455. The lowest BCUT2D eigenvalue weighted by Crippen LogP contribution is -2.44. The topological polar surface area (TPSA) is 19.0 Å². The number of aryl methyl sites for hydroxylation is 1. The molecular formula is C24H26F2N2S. The Morgan fingerprint density at radius 2 is 1.79 bits per heavy atom. The van der Waals surface area contributed by atoms with E-state index in [0.717, 1.165) is 54.5 Å². The first-order valence-corrected chi connectivity index (χ1v) is 10.6. The van der Waals surface area contributed by atoms with Crippen LogP contribution in [0.5, 0.6) is 0 Å². The van der Waals surface area contributed by atoms with Gasteiger partial charge in [-0.2, -0.15) is 12.6 Å². The Morgan fingerprint density at radius 1 is 1.07 bits per heavy atom. The largest absolute Gasteiger partial charge is 0.358 e. The first-order valence-electron chi connectivity index (χ1n) is 10.2. The summed E-state index contributed by atoms with van der Waals surface area (Å²) in [6, 6.07) is 11.6. The number of halogens is 2. The third-order valence-corrected chi connectivity index (χ3v) is 6.90. The maximum absolute atomic E-state index is 13.7. The highest BCUT2D eigenvalue weighted by atomic mass is 32.1. The predicted molar refractivity (Wildman–Crippen MR) is 119 cm³/mol. The van der Waals surface area contributed by atoms with Crippen LogP contribution >= 0.6 is 12.6 Å². The molecule has 0 bridgehead atoms. The normalized spacial score (nSPS) is 17.3. The zero-order chi connectivity index (χ0) is 20.6. The van der Waals surface area contributed by atoms with Crippen LogP contribution in [0.15, 0.2) is 48.5 Å². The van der Waals surface area contributed by atoms with E-state index in [-0.39, 0.29) is 11.6 Å². The van der Waals surface area contributed by atoms with Gasteiger partial charge in [-0.3, -0.25) is 4.90 Å². The fraction of sp³-hybridized carbons (Fsp3) is 0.333. The molecule has 0 radical (unpaired) electrons. The average molecular weight is 413 g/mol. The molecule has 5 heteroatoms. The quantitative estimate of drug-likeness (QED) is 0.472. The second kappa shape index (κ2) is 7.96. The summed E-state index contributed by atoms with van der Waals surface area (Å²) in [6.45, 7) is 5.85. The second-order valence-corrected chi connectivity index (χ2v) is 8.36. The smallest absolute Gasteiger partial charge is 0.125 e. The molecule has 0 aliphatic carbocycles. The predicted octanol–water partition coefficient (Wildman–Crippen LogP) is 6.29. The molecule has 1 aliphatic rings. The number of fused-ring (bicyclic) bond motifs is 1. The Hall–Kier alpha value is -2.11. The molecule has 2 aromatic carbocycles. The summed E-state index contributed by atoms with van der Waals surface area (Å²) in [4.78, 5) is 5.29. The molecule has 3 aromatic rings. The molecule has 0 amide bonds. The van der Waals surface area contributed by atoms with Gasteiger partial charge in [0.1, 0.15) is 11.6 Å². The molecule has 1 aliphatic heterocycles. The van der Waals surface area contributed by atoms with Crippen molar-refractivity contribution in [2.75, 3.05) is 13.1 Å². The highest BCUT2D eigenvalue weighted by Crippen LogP contribution is 2.40. The Labute approximate surface area is 176 Å². The fourth-order valence-electron chi connectivity index (χ4n) is 4.42. The minimum absolute atomic E-state index is 0.223. The van der Waals surface area contributed by atoms with E-state index in [4.69, 9.17) is 12.6 Å². The minimum Gasteiger partial charge on any atom is -0.358 e. The molecular weight excluding hydrogens is 386 g/mol. The number of benzene rings is 2. The van der Waals surface area contributed by atoms with Crippen LogP contribution in [0.4, 0.5) is 8.78 Å². The third-order valence-electron chi connectivity index (χ3n) is 6.04. The number of aromatic amines is 1. The van der Waals surface area contributed by atoms with Crippen LogP contribution in [-0.2, 0) is 11.3 Å². The monoisotopic (exact) mass is 412 g/mol. The molecule has 0 saturated heterocycles. The molecule has 1 N–H and O–H groups in total. The van der Waals surface area contributed by atoms with Gasteiger partial charge in [-0.1, -0.05) is 32.1 Å². The van der Waals surface area contributed by atoms with Gasteiger partial charge < -0.3 is 4.98 Å². The highest BCUT2D eigenvalue weighted by molar-refractivity contribution is 7.81. The fourth-order valence-corrected chi connectivity index (χ4v) is 4.75. The number of hydrogen-bond donors (Lipinski definition) is 2. The van der Waals surface area contributed by atoms with Crippen molar-refractivity contribution in [1.29, 1.82) is 0 Å². The van der Waals surface area contributed by atoms with Crippen LogP contribution in [0, 0.1) is 11.6 Å². The lowest BCUT2D eigenvalue weighted by Gasteiger charge is -2.42. The SMILES string of the molecule is CCc1[nH]c2cc(F)ccc2c1C1=CCN(C(S)(CC)c2ccc(F)cc2)CC1. The van der Waals surface area contributed by atoms with Gasteiger partial charge in [0.2, 0.25) is 0 Å². The standard InChI is InChI=1S/C24H26F2N2S/c1-3-21-23(20-10-9-19(26)15-22(20)27-21)16-11-13-28(14-12-16)24(29,4-2)17-5-7-18(25)8-6-17/h5-11,15,27,29H,3-4,12-14H2,1-2H3. The molecule has 4 rings (SSSR count). The van der Waals surface area contributed by atoms with Crippen molar-refractivity contribution < 1.29 is 8.78 Å². The number of nitrogens with one attached hydrogen (secondary N) is 1. The first-order chi connectivity index (χ1) is 14.0. The second-order valence-electron chi connectivity index (χ2n) is 7.62. The average Bonchev–Trinajstić information content (AvgIpc) is 3.11. The zero-order valence-electron chi connectivity index (χ0n) is 16.8. The van der Waals surface area contributed by atoms with Crippen LogP contribution in [-0.4, -0.2) is 23.0 Å². The molecule has 152 valence electrons. The Morgan fingerprint density at radius 3 is 2.41 bits per heavy atom. The van der Waals surface area contributed by atoms with Gasteiger partial charge in [0.15, 0.2) is 0 Å². The van der Waals surface area contributed by atoms with Crippen LogP contribution < -0.4 is 0 Å². The van der Waals surface area contributed by atoms with Crippen molar-refractivity contribution in [1.82, 2.24) is 9.88 Å². The molecule has 29 heavy (non-hydrogen) atoms. The molecule has 0 saturated carbocycles. The first kappa shape index (κ1) is 20.2. The van der Waals surface area contributed by atoms with Crippen LogP contribution in [0.25, 0.3) is 16.5 Å². The van der Waals surface area contributed by atoms with Gasteiger partial charge in [-0.05, 0) is 60.7 Å². The lowest BCUT2D eigenvalue weighted by atomic mass is 9.93. The minimum atomic E-state index is -0.438. The van der Waals surface area contributed by atoms with Crippen LogP contribution in [0.1, 0.15) is 43.5 Å². The third kappa shape index (κ3) is 3.62. The maximum Gasteiger partial charge on any atom is 0.125 e. The molecule has 2 heterocycles. The molecule has 0 spiro atoms. The van der Waals surface area contributed by atoms with Gasteiger partial charge >= 0.3 is 0 Å². The van der Waals surface area contributed by atoms with Gasteiger partial charge in [0.05, 0.1) is 4.87 Å². The molecule has 0 fully saturated rings. The number of aromatic nitrogens is 1. The van der Waals surface area contributed by atoms with E-state index in [1.54, 1.807) is 6.07 Å². The van der Waals surface area contributed by atoms with E-state index in [2.05, 4.69) is 29.8 Å². The van der Waals surface area contributed by atoms with E-state index >= 15 is 0 Å². The number of H-pyrrole nitrogens is 1. The molecule has 2 nitrogen and oxygen atoms in total. The van der Waals surface area contributed by atoms with Gasteiger partial charge in [-0.15, -0.1) is 0 Å². The zero-order valence-corrected chi connectivity index (χ0v) is 17.7. The summed E-state index contributed by atoms with van der Waals surface area (Å²) in [5, 5.41) is 1.08. The van der Waals surface area contributed by atoms with E-state index in [1.807, 2.05) is 18.2 Å². The van der Waals surface area contributed by atoms with Crippen LogP contribution in [0.2, 0.25) is 0 Å². The summed E-state index contributed by atoms with van der Waals surface area (Å²) < 4.78 is 27.0. The van der Waals surface area contributed by atoms with Crippen molar-refractivity contribution in [3.8, 4) is 0 Å². The number of thiol groups is 1. The Bertz CT molecular complexity index is 1050. The molecule has 1 aromatic heterocycles. The van der Waals surface area contributed by atoms with E-state index in [9.17, 15) is 8.78 Å². The summed E-state index contributed by atoms with van der Waals surface area (Å²) in [5.41, 5.74) is 5.52. The van der Waals surface area contributed by atoms with Gasteiger partial charge in [-0.25, -0.2) is 8.78 Å². The summed E-state index contributed by atoms with van der Waals surface area (Å²) in [6.07, 6.45) is 4.84. The summed E-state index contributed by atoms with van der Waals surface area (Å²) in [7, 11) is 0. The molecule has 1 atom stereocenters. The van der Waals surface area contributed by atoms with Crippen molar-refractivity contribution in [2.24, 2.45) is 0 Å². The van der Waals surface area contributed by atoms with Crippen molar-refractivity contribution >= 4 is 29.1 Å². The number of rotatable bonds is 5. The summed E-state index contributed by atoms with van der Waals surface area (Å²) >= 11 is 5.03. The van der Waals surface area contributed by atoms with E-state index < -0.39 is 4.87 Å². The number of hydrogen-bond acceptors (Lipinski definition) is 2. The highest BCUT2D eigenvalue weighted by Gasteiger charge is 2.34. The Balaban J connectivity index is 1.66. The van der Waals surface area contributed by atoms with Crippen molar-refractivity contribution in [3.05, 3.63) is 77.0 Å². The van der Waals surface area contributed by atoms with Crippen LogP contribution in [0.3, 0.4) is 0 Å². The van der Waals surface area contributed by atoms with E-state index in [0.29, 0.717) is 0 Å². The Kier molecular flexibility index (Phi) is 5.54. The van der Waals surface area contributed by atoms with Gasteiger partial charge in [0, 0.05) is 35.2 Å². The molecule has 1 unspecified atom stereocenters. The lowest BCUT2D eigenvalue weighted by molar-refractivity contribution is 0.182. The maximum atomic E-state index is 13.7. The van der Waals surface area contributed by atoms with Crippen molar-refractivity contribution in [3.63, 3.8) is 0 Å².